The number of hydrogen-bond donors (Lipinski definition) is 2. The number of anilines is 1. The minimum absolute atomic E-state index is 0. The zero-order valence-electron chi connectivity index (χ0n) is 18.6. The molecule has 5 rings (SSSR count). The highest BCUT2D eigenvalue weighted by Crippen LogP contribution is 2.35. The van der Waals surface area contributed by atoms with E-state index in [1.54, 1.807) is 12.4 Å². The first-order valence-electron chi connectivity index (χ1n) is 11.1. The second-order valence-electron chi connectivity index (χ2n) is 8.05. The van der Waals surface area contributed by atoms with Gasteiger partial charge in [-0.15, -0.1) is 12.4 Å². The number of rotatable bonds is 7. The molecular formula is C28H26ClN5. The van der Waals surface area contributed by atoms with E-state index < -0.39 is 0 Å². The van der Waals surface area contributed by atoms with Crippen LogP contribution in [-0.2, 0) is 6.42 Å². The first-order valence-corrected chi connectivity index (χ1v) is 11.1. The molecule has 5 aromatic rings. The second kappa shape index (κ2) is 10.9. The molecule has 0 unspecified atom stereocenters. The molecule has 0 fully saturated rings. The molecule has 34 heavy (non-hydrogen) atoms. The molecule has 5 nitrogen and oxygen atoms in total. The van der Waals surface area contributed by atoms with Crippen LogP contribution in [0.3, 0.4) is 0 Å². The van der Waals surface area contributed by atoms with Crippen LogP contribution < -0.4 is 11.1 Å². The van der Waals surface area contributed by atoms with Crippen LogP contribution in [-0.4, -0.2) is 27.5 Å². The van der Waals surface area contributed by atoms with E-state index in [0.717, 1.165) is 28.8 Å². The lowest BCUT2D eigenvalue weighted by atomic mass is 9.96. The number of nitrogens with zero attached hydrogens (tertiary/aromatic N) is 3. The fourth-order valence-electron chi connectivity index (χ4n) is 4.07. The summed E-state index contributed by atoms with van der Waals surface area (Å²) in [7, 11) is 0. The van der Waals surface area contributed by atoms with E-state index >= 15 is 0 Å². The molecule has 0 radical (unpaired) electrons. The monoisotopic (exact) mass is 467 g/mol. The first kappa shape index (κ1) is 23.4. The van der Waals surface area contributed by atoms with Gasteiger partial charge in [-0.2, -0.15) is 0 Å². The third kappa shape index (κ3) is 5.22. The summed E-state index contributed by atoms with van der Waals surface area (Å²) in [5, 5.41) is 5.68. The average molecular weight is 468 g/mol. The van der Waals surface area contributed by atoms with Crippen molar-refractivity contribution in [2.45, 2.75) is 12.5 Å². The molecule has 0 saturated carbocycles. The third-order valence-corrected chi connectivity index (χ3v) is 5.69. The van der Waals surface area contributed by atoms with E-state index in [-0.39, 0.29) is 18.4 Å². The van der Waals surface area contributed by atoms with E-state index in [9.17, 15) is 0 Å². The Morgan fingerprint density at radius 1 is 0.794 bits per heavy atom. The van der Waals surface area contributed by atoms with Gasteiger partial charge < -0.3 is 11.1 Å². The molecule has 0 aliphatic rings. The molecule has 3 aromatic carbocycles. The van der Waals surface area contributed by atoms with Crippen LogP contribution in [0.4, 0.5) is 5.95 Å². The molecule has 2 heterocycles. The van der Waals surface area contributed by atoms with Crippen LogP contribution in [0.2, 0.25) is 0 Å². The Balaban J connectivity index is 0.00000274. The molecule has 2 aromatic heterocycles. The third-order valence-electron chi connectivity index (χ3n) is 5.69. The molecule has 0 saturated heterocycles. The molecule has 0 spiro atoms. The van der Waals surface area contributed by atoms with Gasteiger partial charge in [-0.1, -0.05) is 72.8 Å². The van der Waals surface area contributed by atoms with Crippen molar-refractivity contribution >= 4 is 29.1 Å². The van der Waals surface area contributed by atoms with Crippen molar-refractivity contribution in [3.05, 3.63) is 109 Å². The van der Waals surface area contributed by atoms with Gasteiger partial charge >= 0.3 is 0 Å². The van der Waals surface area contributed by atoms with Crippen molar-refractivity contribution in [3.8, 4) is 22.4 Å². The molecule has 6 heteroatoms. The van der Waals surface area contributed by atoms with Crippen molar-refractivity contribution in [3.63, 3.8) is 0 Å². The van der Waals surface area contributed by atoms with Crippen molar-refractivity contribution < 1.29 is 0 Å². The summed E-state index contributed by atoms with van der Waals surface area (Å²) in [5.74, 6) is 0.564. The van der Waals surface area contributed by atoms with Gasteiger partial charge in [0.2, 0.25) is 5.95 Å². The van der Waals surface area contributed by atoms with E-state index in [4.69, 9.17) is 10.7 Å². The van der Waals surface area contributed by atoms with Crippen molar-refractivity contribution in [1.82, 2.24) is 15.0 Å². The lowest BCUT2D eigenvalue weighted by Gasteiger charge is -2.16. The number of aromatic nitrogens is 3. The minimum Gasteiger partial charge on any atom is -0.353 e. The fourth-order valence-corrected chi connectivity index (χ4v) is 4.07. The largest absolute Gasteiger partial charge is 0.353 e. The van der Waals surface area contributed by atoms with Gasteiger partial charge in [0.25, 0.3) is 0 Å². The van der Waals surface area contributed by atoms with Gasteiger partial charge in [0.15, 0.2) is 0 Å². The molecule has 0 bridgehead atoms. The second-order valence-corrected chi connectivity index (χ2v) is 8.05. The number of nitrogens with two attached hydrogens (primary N) is 1. The zero-order chi connectivity index (χ0) is 22.5. The quantitative estimate of drug-likeness (QED) is 0.318. The number of hydrogen-bond acceptors (Lipinski definition) is 5. The number of fused-ring (bicyclic) bond motifs is 1. The van der Waals surface area contributed by atoms with E-state index in [0.29, 0.717) is 12.5 Å². The Hall–Kier alpha value is -3.80. The van der Waals surface area contributed by atoms with E-state index in [1.165, 1.54) is 16.3 Å². The highest BCUT2D eigenvalue weighted by Gasteiger charge is 2.14. The van der Waals surface area contributed by atoms with Crippen molar-refractivity contribution in [1.29, 1.82) is 0 Å². The summed E-state index contributed by atoms with van der Waals surface area (Å²) >= 11 is 0. The Bertz CT molecular complexity index is 1350. The Kier molecular flexibility index (Phi) is 7.48. The molecule has 0 aliphatic heterocycles. The lowest BCUT2D eigenvalue weighted by molar-refractivity contribution is 0.696. The van der Waals surface area contributed by atoms with Crippen molar-refractivity contribution in [2.24, 2.45) is 5.73 Å². The topological polar surface area (TPSA) is 76.7 Å². The van der Waals surface area contributed by atoms with Gasteiger partial charge in [0.1, 0.15) is 0 Å². The lowest BCUT2D eigenvalue weighted by Crippen LogP contribution is -2.31. The summed E-state index contributed by atoms with van der Waals surface area (Å²) < 4.78 is 0. The van der Waals surface area contributed by atoms with Crippen LogP contribution in [0.5, 0.6) is 0 Å². The standard InChI is InChI=1S/C28H25N5.ClH/c29-23(17-20-7-2-1-3-8-20)18-31-28-32-19-26(27(33-28)22-13-15-30-16-14-22)25-12-6-10-21-9-4-5-11-24(21)25;/h1-16,19,23H,17-18,29H2,(H,31,32,33);1H/t23-;/m0./s1. The number of nitrogens with one attached hydrogen (secondary N) is 1. The summed E-state index contributed by atoms with van der Waals surface area (Å²) in [6, 6.07) is 28.9. The molecule has 170 valence electrons. The molecular weight excluding hydrogens is 442 g/mol. The van der Waals surface area contributed by atoms with Gasteiger partial charge in [0.05, 0.1) is 5.69 Å². The Morgan fingerprint density at radius 2 is 1.53 bits per heavy atom. The number of pyridine rings is 1. The summed E-state index contributed by atoms with van der Waals surface area (Å²) in [6.07, 6.45) is 6.26. The van der Waals surface area contributed by atoms with E-state index in [2.05, 4.69) is 69.9 Å². The van der Waals surface area contributed by atoms with Gasteiger partial charge in [-0.3, -0.25) is 4.98 Å². The molecule has 1 atom stereocenters. The minimum atomic E-state index is -0.0434. The number of halogens is 1. The highest BCUT2D eigenvalue weighted by atomic mass is 35.5. The first-order chi connectivity index (χ1) is 16.3. The average Bonchev–Trinajstić information content (AvgIpc) is 2.88. The van der Waals surface area contributed by atoms with Gasteiger partial charge in [-0.25, -0.2) is 9.97 Å². The van der Waals surface area contributed by atoms with Crippen LogP contribution in [0.1, 0.15) is 5.56 Å². The van der Waals surface area contributed by atoms with Gasteiger partial charge in [-0.05, 0) is 40.5 Å². The fraction of sp³-hybridized carbons (Fsp3) is 0.107. The maximum atomic E-state index is 6.36. The predicted octanol–water partition coefficient (Wildman–Crippen LogP) is 5.76. The van der Waals surface area contributed by atoms with E-state index in [1.807, 2.05) is 36.5 Å². The van der Waals surface area contributed by atoms with Crippen molar-refractivity contribution in [2.75, 3.05) is 11.9 Å². The normalized spacial score (nSPS) is 11.6. The van der Waals surface area contributed by atoms with Crippen LogP contribution in [0, 0.1) is 0 Å². The Morgan fingerprint density at radius 3 is 2.35 bits per heavy atom. The number of benzene rings is 3. The van der Waals surface area contributed by atoms with Crippen LogP contribution >= 0.6 is 12.4 Å². The SMILES string of the molecule is Cl.N[C@H](CNc1ncc(-c2cccc3ccccc23)c(-c2ccncc2)n1)Cc1ccccc1. The highest BCUT2D eigenvalue weighted by molar-refractivity contribution is 5.99. The Labute approximate surface area is 205 Å². The smallest absolute Gasteiger partial charge is 0.223 e. The maximum absolute atomic E-state index is 6.36. The van der Waals surface area contributed by atoms with Gasteiger partial charge in [0, 0.05) is 42.3 Å². The zero-order valence-corrected chi connectivity index (χ0v) is 19.5. The summed E-state index contributed by atoms with van der Waals surface area (Å²) in [4.78, 5) is 13.7. The summed E-state index contributed by atoms with van der Waals surface area (Å²) in [6.45, 7) is 0.582. The molecule has 0 amide bonds. The van der Waals surface area contributed by atoms with Crippen LogP contribution in [0.25, 0.3) is 33.2 Å². The molecule has 0 aliphatic carbocycles. The summed E-state index contributed by atoms with van der Waals surface area (Å²) in [5.41, 5.74) is 11.5. The maximum Gasteiger partial charge on any atom is 0.223 e. The molecule has 3 N–H and O–H groups in total. The van der Waals surface area contributed by atoms with Crippen LogP contribution in [0.15, 0.2) is 104 Å². The predicted molar refractivity (Wildman–Crippen MR) is 142 cm³/mol.